The summed E-state index contributed by atoms with van der Waals surface area (Å²) < 4.78 is 0. The van der Waals surface area contributed by atoms with E-state index in [9.17, 15) is 10.1 Å². The van der Waals surface area contributed by atoms with E-state index in [1.54, 1.807) is 6.07 Å². The third-order valence-electron chi connectivity index (χ3n) is 3.77. The molecule has 1 heterocycles. The number of halogens is 1. The molecular formula is C20H22ClN3OS. The van der Waals surface area contributed by atoms with E-state index in [1.165, 1.54) is 11.8 Å². The average Bonchev–Trinajstić information content (AvgIpc) is 2.59. The van der Waals surface area contributed by atoms with E-state index in [0.717, 1.165) is 23.4 Å². The zero-order valence-corrected chi connectivity index (χ0v) is 16.7. The van der Waals surface area contributed by atoms with E-state index in [0.29, 0.717) is 33.7 Å². The molecule has 1 aromatic carbocycles. The molecule has 2 aromatic rings. The quantitative estimate of drug-likeness (QED) is 0.660. The molecule has 0 bridgehead atoms. The van der Waals surface area contributed by atoms with Crippen molar-refractivity contribution in [2.75, 3.05) is 11.1 Å². The Hall–Kier alpha value is -2.03. The highest BCUT2D eigenvalue weighted by atomic mass is 35.5. The Bertz CT molecular complexity index is 830. The molecule has 0 unspecified atom stereocenters. The van der Waals surface area contributed by atoms with Gasteiger partial charge in [-0.2, -0.15) is 5.26 Å². The van der Waals surface area contributed by atoms with Gasteiger partial charge in [-0.05, 0) is 49.1 Å². The molecule has 4 nitrogen and oxygen atoms in total. The predicted octanol–water partition coefficient (Wildman–Crippen LogP) is 5.23. The van der Waals surface area contributed by atoms with Crippen LogP contribution in [0.1, 0.15) is 37.1 Å². The molecule has 0 saturated heterocycles. The second-order valence-corrected chi connectivity index (χ2v) is 7.91. The first kappa shape index (κ1) is 20.3. The lowest BCUT2D eigenvalue weighted by molar-refractivity contribution is -0.115. The smallest absolute Gasteiger partial charge is 0.225 e. The summed E-state index contributed by atoms with van der Waals surface area (Å²) in [5, 5.41) is 13.5. The molecule has 0 aliphatic rings. The maximum atomic E-state index is 12.2. The van der Waals surface area contributed by atoms with E-state index in [1.807, 2.05) is 31.2 Å². The number of carbonyl (C=O) groups excluding carboxylic acids is 1. The van der Waals surface area contributed by atoms with Crippen LogP contribution in [0, 0.1) is 24.2 Å². The van der Waals surface area contributed by atoms with Crippen LogP contribution in [0.3, 0.4) is 0 Å². The molecule has 0 spiro atoms. The number of aromatic nitrogens is 1. The van der Waals surface area contributed by atoms with Crippen molar-refractivity contribution < 1.29 is 4.79 Å². The molecule has 2 rings (SSSR count). The molecule has 0 saturated carbocycles. The second-order valence-electron chi connectivity index (χ2n) is 6.42. The normalized spacial score (nSPS) is 10.6. The van der Waals surface area contributed by atoms with Gasteiger partial charge in [0.1, 0.15) is 11.1 Å². The average molecular weight is 388 g/mol. The number of hydrogen-bond donors (Lipinski definition) is 1. The fourth-order valence-electron chi connectivity index (χ4n) is 2.40. The Morgan fingerprint density at radius 2 is 2.12 bits per heavy atom. The Balaban J connectivity index is 1.95. The summed E-state index contributed by atoms with van der Waals surface area (Å²) in [6, 6.07) is 11.3. The maximum Gasteiger partial charge on any atom is 0.225 e. The van der Waals surface area contributed by atoms with Gasteiger partial charge in [0.25, 0.3) is 0 Å². The van der Waals surface area contributed by atoms with Crippen LogP contribution in [-0.4, -0.2) is 16.6 Å². The minimum atomic E-state index is -0.0836. The van der Waals surface area contributed by atoms with Crippen LogP contribution in [0.4, 0.5) is 5.69 Å². The SMILES string of the molecule is Cc1c(Cl)cccc1NC(=O)CCSc1nc(CC(C)C)ccc1C#N. The number of pyridine rings is 1. The Morgan fingerprint density at radius 1 is 1.35 bits per heavy atom. The number of amides is 1. The first-order valence-electron chi connectivity index (χ1n) is 8.48. The molecule has 0 atom stereocenters. The topological polar surface area (TPSA) is 65.8 Å². The number of benzene rings is 1. The third kappa shape index (κ3) is 5.76. The van der Waals surface area contributed by atoms with Gasteiger partial charge < -0.3 is 5.32 Å². The highest BCUT2D eigenvalue weighted by Gasteiger charge is 2.10. The molecule has 1 amide bonds. The third-order valence-corrected chi connectivity index (χ3v) is 5.17. The number of anilines is 1. The van der Waals surface area contributed by atoms with Gasteiger partial charge in [0, 0.05) is 28.6 Å². The molecule has 1 aromatic heterocycles. The van der Waals surface area contributed by atoms with E-state index in [2.05, 4.69) is 30.2 Å². The zero-order valence-electron chi connectivity index (χ0n) is 15.2. The number of nitrogens with one attached hydrogen (secondary N) is 1. The lowest BCUT2D eigenvalue weighted by Gasteiger charge is -2.10. The summed E-state index contributed by atoms with van der Waals surface area (Å²) in [5.41, 5.74) is 3.10. The maximum absolute atomic E-state index is 12.2. The summed E-state index contributed by atoms with van der Waals surface area (Å²) in [7, 11) is 0. The molecular weight excluding hydrogens is 366 g/mol. The molecule has 0 aliphatic carbocycles. The Kier molecular flexibility index (Phi) is 7.50. The van der Waals surface area contributed by atoms with Gasteiger partial charge in [0.05, 0.1) is 5.56 Å². The molecule has 136 valence electrons. The van der Waals surface area contributed by atoms with Crippen LogP contribution in [0.25, 0.3) is 0 Å². The van der Waals surface area contributed by atoms with E-state index >= 15 is 0 Å². The van der Waals surface area contributed by atoms with Crippen molar-refractivity contribution in [2.45, 2.75) is 38.6 Å². The fraction of sp³-hybridized carbons (Fsp3) is 0.350. The standard InChI is InChI=1S/C20H22ClN3OS/c1-13(2)11-16-8-7-15(12-22)20(23-16)26-10-9-19(25)24-18-6-4-5-17(21)14(18)3/h4-8,13H,9-11H2,1-3H3,(H,24,25). The molecule has 0 radical (unpaired) electrons. The monoisotopic (exact) mass is 387 g/mol. The molecule has 6 heteroatoms. The van der Waals surface area contributed by atoms with Crippen molar-refractivity contribution >= 4 is 35.0 Å². The second kappa shape index (κ2) is 9.61. The zero-order chi connectivity index (χ0) is 19.1. The number of nitrogens with zero attached hydrogens (tertiary/aromatic N) is 2. The predicted molar refractivity (Wildman–Crippen MR) is 108 cm³/mol. The first-order valence-corrected chi connectivity index (χ1v) is 9.85. The van der Waals surface area contributed by atoms with Crippen LogP contribution in [-0.2, 0) is 11.2 Å². The summed E-state index contributed by atoms with van der Waals surface area (Å²) in [4.78, 5) is 16.8. The van der Waals surface area contributed by atoms with Crippen LogP contribution in [0.2, 0.25) is 5.02 Å². The van der Waals surface area contributed by atoms with Gasteiger partial charge >= 0.3 is 0 Å². The van der Waals surface area contributed by atoms with Gasteiger partial charge in [0.2, 0.25) is 5.91 Å². The van der Waals surface area contributed by atoms with E-state index in [4.69, 9.17) is 11.6 Å². The van der Waals surface area contributed by atoms with E-state index in [-0.39, 0.29) is 5.91 Å². The van der Waals surface area contributed by atoms with Crippen molar-refractivity contribution in [1.82, 2.24) is 4.98 Å². The highest BCUT2D eigenvalue weighted by Crippen LogP contribution is 2.24. The van der Waals surface area contributed by atoms with Crippen LogP contribution >= 0.6 is 23.4 Å². The van der Waals surface area contributed by atoms with Crippen molar-refractivity contribution in [3.05, 3.63) is 52.2 Å². The summed E-state index contributed by atoms with van der Waals surface area (Å²) >= 11 is 7.51. The fourth-order valence-corrected chi connectivity index (χ4v) is 3.51. The number of thioether (sulfide) groups is 1. The lowest BCUT2D eigenvalue weighted by atomic mass is 10.1. The largest absolute Gasteiger partial charge is 0.326 e. The number of nitriles is 1. The number of carbonyl (C=O) groups is 1. The van der Waals surface area contributed by atoms with Gasteiger partial charge in [-0.15, -0.1) is 11.8 Å². The molecule has 0 aliphatic heterocycles. The summed E-state index contributed by atoms with van der Waals surface area (Å²) in [5.74, 6) is 0.970. The number of rotatable bonds is 7. The van der Waals surface area contributed by atoms with Gasteiger partial charge in [-0.25, -0.2) is 4.98 Å². The highest BCUT2D eigenvalue weighted by molar-refractivity contribution is 7.99. The van der Waals surface area contributed by atoms with Gasteiger partial charge in [-0.3, -0.25) is 4.79 Å². The minimum Gasteiger partial charge on any atom is -0.326 e. The van der Waals surface area contributed by atoms with Crippen molar-refractivity contribution in [2.24, 2.45) is 5.92 Å². The van der Waals surface area contributed by atoms with Crippen molar-refractivity contribution in [3.8, 4) is 6.07 Å². The van der Waals surface area contributed by atoms with Crippen LogP contribution in [0.15, 0.2) is 35.4 Å². The van der Waals surface area contributed by atoms with Crippen LogP contribution < -0.4 is 5.32 Å². The van der Waals surface area contributed by atoms with Crippen molar-refractivity contribution in [1.29, 1.82) is 5.26 Å². The summed E-state index contributed by atoms with van der Waals surface area (Å²) in [6.07, 6.45) is 1.20. The molecule has 0 fully saturated rings. The first-order chi connectivity index (χ1) is 12.4. The minimum absolute atomic E-state index is 0.0836. The molecule has 1 N–H and O–H groups in total. The van der Waals surface area contributed by atoms with E-state index < -0.39 is 0 Å². The van der Waals surface area contributed by atoms with Gasteiger partial charge in [0.15, 0.2) is 0 Å². The van der Waals surface area contributed by atoms with Crippen LogP contribution in [0.5, 0.6) is 0 Å². The van der Waals surface area contributed by atoms with Gasteiger partial charge in [-0.1, -0.05) is 31.5 Å². The number of hydrogen-bond acceptors (Lipinski definition) is 4. The lowest BCUT2D eigenvalue weighted by Crippen LogP contribution is -2.13. The Morgan fingerprint density at radius 3 is 2.81 bits per heavy atom. The molecule has 26 heavy (non-hydrogen) atoms. The summed E-state index contributed by atoms with van der Waals surface area (Å²) in [6.45, 7) is 6.14. The van der Waals surface area contributed by atoms with Crippen molar-refractivity contribution in [3.63, 3.8) is 0 Å². The Labute approximate surface area is 164 Å².